The van der Waals surface area contributed by atoms with Crippen LogP contribution >= 0.6 is 12.2 Å². The van der Waals surface area contributed by atoms with Gasteiger partial charge in [0.1, 0.15) is 11.6 Å². The number of halogens is 2. The third-order valence-electron chi connectivity index (χ3n) is 5.07. The van der Waals surface area contributed by atoms with Crippen LogP contribution in [0.2, 0.25) is 0 Å². The molecule has 3 rings (SSSR count). The summed E-state index contributed by atoms with van der Waals surface area (Å²) in [4.78, 5) is 2.42. The molecule has 2 aromatic carbocycles. The van der Waals surface area contributed by atoms with Gasteiger partial charge in [0, 0.05) is 24.8 Å². The van der Waals surface area contributed by atoms with Crippen LogP contribution in [0.4, 0.5) is 20.2 Å². The fourth-order valence-electron chi connectivity index (χ4n) is 3.27. The van der Waals surface area contributed by atoms with Gasteiger partial charge < -0.3 is 15.5 Å². The second kappa shape index (κ2) is 8.65. The lowest BCUT2D eigenvalue weighted by Gasteiger charge is -2.32. The van der Waals surface area contributed by atoms with Crippen LogP contribution in [-0.4, -0.2) is 18.2 Å². The van der Waals surface area contributed by atoms with Crippen LogP contribution < -0.4 is 15.5 Å². The van der Waals surface area contributed by atoms with Crippen LogP contribution in [0.15, 0.2) is 42.5 Å². The van der Waals surface area contributed by atoms with E-state index in [1.165, 1.54) is 30.7 Å². The normalized spacial score (nSPS) is 16.1. The Balaban J connectivity index is 1.57. The van der Waals surface area contributed by atoms with Gasteiger partial charge >= 0.3 is 0 Å². The molecule has 0 saturated carbocycles. The van der Waals surface area contributed by atoms with Crippen LogP contribution in [0.25, 0.3) is 0 Å². The van der Waals surface area contributed by atoms with Crippen molar-refractivity contribution in [1.29, 1.82) is 0 Å². The maximum atomic E-state index is 13.7. The summed E-state index contributed by atoms with van der Waals surface area (Å²) in [5.41, 5.74) is 2.48. The molecule has 0 unspecified atom stereocenters. The number of anilines is 2. The maximum absolute atomic E-state index is 13.7. The first-order chi connectivity index (χ1) is 12.9. The van der Waals surface area contributed by atoms with Crippen molar-refractivity contribution in [3.05, 3.63) is 59.7 Å². The highest BCUT2D eigenvalue weighted by Gasteiger charge is 2.16. The summed E-state index contributed by atoms with van der Waals surface area (Å²) in [6, 6.07) is 11.8. The SMILES string of the molecule is CC1CCN(c2ccc([C@H](C)NC(=S)Nc3ccc(F)cc3F)cc2)CC1. The lowest BCUT2D eigenvalue weighted by molar-refractivity contribution is 0.438. The Bertz CT molecular complexity index is 787. The fourth-order valence-corrected chi connectivity index (χ4v) is 3.56. The third kappa shape index (κ3) is 5.16. The maximum Gasteiger partial charge on any atom is 0.171 e. The lowest BCUT2D eigenvalue weighted by Crippen LogP contribution is -2.33. The fraction of sp³-hybridized carbons (Fsp3) is 0.381. The number of piperidine rings is 1. The highest BCUT2D eigenvalue weighted by molar-refractivity contribution is 7.80. The number of rotatable bonds is 4. The first kappa shape index (κ1) is 19.5. The van der Waals surface area contributed by atoms with Crippen LogP contribution in [0.1, 0.15) is 38.3 Å². The van der Waals surface area contributed by atoms with Crippen molar-refractivity contribution < 1.29 is 8.78 Å². The molecule has 2 aromatic rings. The van der Waals surface area contributed by atoms with Crippen molar-refractivity contribution in [3.8, 4) is 0 Å². The Morgan fingerprint density at radius 2 is 1.78 bits per heavy atom. The summed E-state index contributed by atoms with van der Waals surface area (Å²) in [6.45, 7) is 6.51. The zero-order chi connectivity index (χ0) is 19.4. The highest BCUT2D eigenvalue weighted by atomic mass is 32.1. The molecule has 144 valence electrons. The van der Waals surface area contributed by atoms with Crippen molar-refractivity contribution in [2.75, 3.05) is 23.3 Å². The van der Waals surface area contributed by atoms with Crippen LogP contribution in [0, 0.1) is 17.6 Å². The van der Waals surface area contributed by atoms with E-state index in [9.17, 15) is 8.78 Å². The molecule has 0 aliphatic carbocycles. The molecule has 1 aliphatic rings. The Labute approximate surface area is 164 Å². The van der Waals surface area contributed by atoms with Crippen molar-refractivity contribution >= 4 is 28.7 Å². The predicted molar refractivity (Wildman–Crippen MR) is 111 cm³/mol. The van der Waals surface area contributed by atoms with E-state index in [0.29, 0.717) is 5.11 Å². The van der Waals surface area contributed by atoms with Crippen molar-refractivity contribution in [1.82, 2.24) is 5.32 Å². The number of nitrogens with one attached hydrogen (secondary N) is 2. The van der Waals surface area contributed by atoms with E-state index in [-0.39, 0.29) is 11.7 Å². The molecule has 0 bridgehead atoms. The molecular weight excluding hydrogens is 364 g/mol. The Kier molecular flexibility index (Phi) is 6.26. The lowest BCUT2D eigenvalue weighted by atomic mass is 9.98. The molecule has 1 heterocycles. The molecular formula is C21H25F2N3S. The quantitative estimate of drug-likeness (QED) is 0.699. The molecule has 1 aliphatic heterocycles. The van der Waals surface area contributed by atoms with Gasteiger partial charge in [0.25, 0.3) is 0 Å². The van der Waals surface area contributed by atoms with Gasteiger partial charge in [-0.25, -0.2) is 8.78 Å². The van der Waals surface area contributed by atoms with E-state index in [1.807, 2.05) is 6.92 Å². The predicted octanol–water partition coefficient (Wildman–Crippen LogP) is 5.25. The van der Waals surface area contributed by atoms with Gasteiger partial charge in [-0.2, -0.15) is 0 Å². The molecule has 0 amide bonds. The Hall–Kier alpha value is -2.21. The Morgan fingerprint density at radius 1 is 1.11 bits per heavy atom. The summed E-state index contributed by atoms with van der Waals surface area (Å²) >= 11 is 5.25. The van der Waals surface area contributed by atoms with Gasteiger partial charge in [-0.3, -0.25) is 0 Å². The van der Waals surface area contributed by atoms with E-state index in [1.54, 1.807) is 0 Å². The van der Waals surface area contributed by atoms with Crippen LogP contribution in [0.5, 0.6) is 0 Å². The number of hydrogen-bond donors (Lipinski definition) is 2. The second-order valence-corrected chi connectivity index (χ2v) is 7.61. The molecule has 3 nitrogen and oxygen atoms in total. The third-order valence-corrected chi connectivity index (χ3v) is 5.29. The first-order valence-electron chi connectivity index (χ1n) is 9.30. The summed E-state index contributed by atoms with van der Waals surface area (Å²) in [7, 11) is 0. The summed E-state index contributed by atoms with van der Waals surface area (Å²) < 4.78 is 26.7. The van der Waals surface area contributed by atoms with E-state index >= 15 is 0 Å². The van der Waals surface area contributed by atoms with Crippen LogP contribution in [-0.2, 0) is 0 Å². The molecule has 1 fully saturated rings. The number of benzene rings is 2. The minimum atomic E-state index is -0.674. The summed E-state index contributed by atoms with van der Waals surface area (Å²) in [6.07, 6.45) is 2.47. The van der Waals surface area contributed by atoms with Gasteiger partial charge in [0.2, 0.25) is 0 Å². The number of hydrogen-bond acceptors (Lipinski definition) is 2. The number of thiocarbonyl (C=S) groups is 1. The van der Waals surface area contributed by atoms with E-state index in [4.69, 9.17) is 12.2 Å². The molecule has 0 radical (unpaired) electrons. The monoisotopic (exact) mass is 389 g/mol. The van der Waals surface area contributed by atoms with Crippen LogP contribution in [0.3, 0.4) is 0 Å². The topological polar surface area (TPSA) is 27.3 Å². The van der Waals surface area contributed by atoms with Crippen molar-refractivity contribution in [3.63, 3.8) is 0 Å². The second-order valence-electron chi connectivity index (χ2n) is 7.21. The van der Waals surface area contributed by atoms with Gasteiger partial charge in [-0.05, 0) is 67.7 Å². The molecule has 0 spiro atoms. The molecule has 27 heavy (non-hydrogen) atoms. The van der Waals surface area contributed by atoms with Gasteiger partial charge in [-0.1, -0.05) is 19.1 Å². The van der Waals surface area contributed by atoms with E-state index < -0.39 is 11.6 Å². The molecule has 6 heteroatoms. The summed E-state index contributed by atoms with van der Waals surface area (Å²) in [5, 5.41) is 6.21. The molecule has 0 aromatic heterocycles. The average molecular weight is 390 g/mol. The average Bonchev–Trinajstić information content (AvgIpc) is 2.65. The Morgan fingerprint density at radius 3 is 2.41 bits per heavy atom. The minimum Gasteiger partial charge on any atom is -0.372 e. The zero-order valence-electron chi connectivity index (χ0n) is 15.6. The molecule has 2 N–H and O–H groups in total. The van der Waals surface area contributed by atoms with Gasteiger partial charge in [-0.15, -0.1) is 0 Å². The van der Waals surface area contributed by atoms with Crippen molar-refractivity contribution in [2.24, 2.45) is 5.92 Å². The molecule has 1 saturated heterocycles. The van der Waals surface area contributed by atoms with Gasteiger partial charge in [0.15, 0.2) is 5.11 Å². The number of nitrogens with zero attached hydrogens (tertiary/aromatic N) is 1. The van der Waals surface area contributed by atoms with E-state index in [0.717, 1.165) is 30.6 Å². The minimum absolute atomic E-state index is 0.0380. The highest BCUT2D eigenvalue weighted by Crippen LogP contribution is 2.24. The zero-order valence-corrected chi connectivity index (χ0v) is 16.5. The molecule has 1 atom stereocenters. The standard InChI is InChI=1S/C21H25F2N3S/c1-14-9-11-26(12-10-14)18-6-3-16(4-7-18)15(2)24-21(27)25-20-8-5-17(22)13-19(20)23/h3-8,13-15H,9-12H2,1-2H3,(H2,24,25,27)/t15-/m0/s1. The summed E-state index contributed by atoms with van der Waals surface area (Å²) in [5.74, 6) is -0.482. The first-order valence-corrected chi connectivity index (χ1v) is 9.70. The van der Waals surface area contributed by atoms with Gasteiger partial charge in [0.05, 0.1) is 11.7 Å². The smallest absolute Gasteiger partial charge is 0.171 e. The van der Waals surface area contributed by atoms with Crippen molar-refractivity contribution in [2.45, 2.75) is 32.7 Å². The van der Waals surface area contributed by atoms with E-state index in [2.05, 4.69) is 46.7 Å². The largest absolute Gasteiger partial charge is 0.372 e.